The molecule has 0 spiro atoms. The molecule has 5 nitrogen and oxygen atoms in total. The fourth-order valence-corrected chi connectivity index (χ4v) is 3.64. The van der Waals surface area contributed by atoms with E-state index in [1.807, 2.05) is 12.1 Å². The second-order valence-corrected chi connectivity index (χ2v) is 8.68. The Morgan fingerprint density at radius 3 is 2.66 bits per heavy atom. The molecule has 5 heteroatoms. The fraction of sp³-hybridized carbons (Fsp3) is 0.458. The molecule has 1 aliphatic carbocycles. The Hall–Kier alpha value is -2.53. The SMILES string of the molecule is CC1(C)Cc2cc(CNCCc3ccc(OCC(=O)NC4CC4)cc3)ccc2O1. The van der Waals surface area contributed by atoms with E-state index in [1.54, 1.807) is 0 Å². The lowest BCUT2D eigenvalue weighted by atomic mass is 10.0. The molecular formula is C24H30N2O3. The van der Waals surface area contributed by atoms with Gasteiger partial charge < -0.3 is 20.1 Å². The van der Waals surface area contributed by atoms with Crippen molar-refractivity contribution in [2.75, 3.05) is 13.2 Å². The van der Waals surface area contributed by atoms with E-state index >= 15 is 0 Å². The second kappa shape index (κ2) is 8.46. The van der Waals surface area contributed by atoms with E-state index in [9.17, 15) is 4.79 Å². The summed E-state index contributed by atoms with van der Waals surface area (Å²) < 4.78 is 11.5. The summed E-state index contributed by atoms with van der Waals surface area (Å²) in [5.74, 6) is 1.71. The number of carbonyl (C=O) groups is 1. The van der Waals surface area contributed by atoms with Crippen LogP contribution in [-0.4, -0.2) is 30.7 Å². The van der Waals surface area contributed by atoms with E-state index in [0.29, 0.717) is 6.04 Å². The van der Waals surface area contributed by atoms with Crippen LogP contribution in [0.25, 0.3) is 0 Å². The van der Waals surface area contributed by atoms with Gasteiger partial charge in [0.2, 0.25) is 0 Å². The molecule has 2 N–H and O–H groups in total. The average Bonchev–Trinajstić information content (AvgIpc) is 3.44. The van der Waals surface area contributed by atoms with Gasteiger partial charge in [-0.2, -0.15) is 0 Å². The van der Waals surface area contributed by atoms with E-state index in [4.69, 9.17) is 9.47 Å². The van der Waals surface area contributed by atoms with E-state index in [1.165, 1.54) is 16.7 Å². The Bertz CT molecular complexity index is 857. The molecule has 4 rings (SSSR count). The minimum atomic E-state index is -0.0920. The summed E-state index contributed by atoms with van der Waals surface area (Å²) in [4.78, 5) is 11.7. The van der Waals surface area contributed by atoms with Crippen LogP contribution in [0.5, 0.6) is 11.5 Å². The topological polar surface area (TPSA) is 59.6 Å². The van der Waals surface area contributed by atoms with Crippen LogP contribution < -0.4 is 20.1 Å². The minimum Gasteiger partial charge on any atom is -0.487 e. The monoisotopic (exact) mass is 394 g/mol. The van der Waals surface area contributed by atoms with E-state index in [-0.39, 0.29) is 18.1 Å². The van der Waals surface area contributed by atoms with Crippen molar-refractivity contribution in [1.82, 2.24) is 10.6 Å². The smallest absolute Gasteiger partial charge is 0.258 e. The first-order valence-corrected chi connectivity index (χ1v) is 10.5. The Labute approximate surface area is 172 Å². The van der Waals surface area contributed by atoms with Crippen LogP contribution in [-0.2, 0) is 24.2 Å². The number of amides is 1. The maximum atomic E-state index is 11.7. The van der Waals surface area contributed by atoms with Crippen LogP contribution in [0.4, 0.5) is 0 Å². The van der Waals surface area contributed by atoms with E-state index in [0.717, 1.165) is 50.3 Å². The largest absolute Gasteiger partial charge is 0.487 e. The normalized spacial score (nSPS) is 16.8. The number of hydrogen-bond acceptors (Lipinski definition) is 4. The van der Waals surface area contributed by atoms with Crippen molar-refractivity contribution < 1.29 is 14.3 Å². The van der Waals surface area contributed by atoms with Gasteiger partial charge in [0.25, 0.3) is 5.91 Å². The Morgan fingerprint density at radius 1 is 1.14 bits per heavy atom. The third-order valence-electron chi connectivity index (χ3n) is 5.28. The van der Waals surface area contributed by atoms with Crippen molar-refractivity contribution in [2.24, 2.45) is 0 Å². The van der Waals surface area contributed by atoms with Crippen molar-refractivity contribution in [3.05, 3.63) is 59.2 Å². The molecule has 2 aliphatic rings. The lowest BCUT2D eigenvalue weighted by Gasteiger charge is -2.16. The predicted octanol–water partition coefficient (Wildman–Crippen LogP) is 3.39. The molecule has 1 heterocycles. The number of ether oxygens (including phenoxy) is 2. The van der Waals surface area contributed by atoms with Crippen molar-refractivity contribution in [1.29, 1.82) is 0 Å². The second-order valence-electron chi connectivity index (χ2n) is 8.68. The van der Waals surface area contributed by atoms with Gasteiger partial charge in [0.05, 0.1) is 0 Å². The van der Waals surface area contributed by atoms with Gasteiger partial charge in [-0.1, -0.05) is 24.3 Å². The highest BCUT2D eigenvalue weighted by Crippen LogP contribution is 2.35. The summed E-state index contributed by atoms with van der Waals surface area (Å²) in [5, 5.41) is 6.44. The van der Waals surface area contributed by atoms with Gasteiger partial charge >= 0.3 is 0 Å². The number of benzene rings is 2. The van der Waals surface area contributed by atoms with Gasteiger partial charge in [-0.25, -0.2) is 0 Å². The van der Waals surface area contributed by atoms with Gasteiger partial charge in [-0.3, -0.25) is 4.79 Å². The Kier molecular flexibility index (Phi) is 5.76. The highest BCUT2D eigenvalue weighted by Gasteiger charge is 2.29. The molecule has 1 fully saturated rings. The molecule has 0 saturated heterocycles. The summed E-state index contributed by atoms with van der Waals surface area (Å²) in [5.41, 5.74) is 3.75. The highest BCUT2D eigenvalue weighted by molar-refractivity contribution is 5.78. The van der Waals surface area contributed by atoms with Crippen LogP contribution in [0, 0.1) is 0 Å². The lowest BCUT2D eigenvalue weighted by Crippen LogP contribution is -2.30. The molecular weight excluding hydrogens is 364 g/mol. The van der Waals surface area contributed by atoms with Gasteiger partial charge in [0, 0.05) is 19.0 Å². The van der Waals surface area contributed by atoms with Gasteiger partial charge in [0.15, 0.2) is 6.61 Å². The van der Waals surface area contributed by atoms with Crippen LogP contribution in [0.15, 0.2) is 42.5 Å². The molecule has 0 radical (unpaired) electrons. The molecule has 1 aliphatic heterocycles. The zero-order valence-electron chi connectivity index (χ0n) is 17.3. The van der Waals surface area contributed by atoms with Crippen molar-refractivity contribution in [3.8, 4) is 11.5 Å². The molecule has 1 saturated carbocycles. The molecule has 0 aromatic heterocycles. The molecule has 1 amide bonds. The molecule has 0 atom stereocenters. The first-order valence-electron chi connectivity index (χ1n) is 10.5. The van der Waals surface area contributed by atoms with E-state index in [2.05, 4.69) is 54.8 Å². The lowest BCUT2D eigenvalue weighted by molar-refractivity contribution is -0.123. The molecule has 2 aromatic rings. The van der Waals surface area contributed by atoms with Crippen LogP contribution in [0.2, 0.25) is 0 Å². The van der Waals surface area contributed by atoms with Gasteiger partial charge in [0.1, 0.15) is 17.1 Å². The predicted molar refractivity (Wildman–Crippen MR) is 113 cm³/mol. The Balaban J connectivity index is 1.17. The van der Waals surface area contributed by atoms with Crippen molar-refractivity contribution in [3.63, 3.8) is 0 Å². The maximum Gasteiger partial charge on any atom is 0.258 e. The minimum absolute atomic E-state index is 0.0394. The summed E-state index contributed by atoms with van der Waals surface area (Å²) in [6, 6.07) is 14.8. The standard InChI is InChI=1S/C24H30N2O3/c1-24(2)14-19-13-18(5-10-22(19)29-24)15-25-12-11-17-3-8-21(9-4-17)28-16-23(27)26-20-6-7-20/h3-5,8-10,13,20,25H,6-7,11-12,14-16H2,1-2H3,(H,26,27). The number of carbonyl (C=O) groups excluding carboxylic acids is 1. The summed E-state index contributed by atoms with van der Waals surface area (Å²) >= 11 is 0. The number of hydrogen-bond donors (Lipinski definition) is 2. The van der Waals surface area contributed by atoms with E-state index < -0.39 is 0 Å². The molecule has 0 unspecified atom stereocenters. The molecule has 0 bridgehead atoms. The van der Waals surface area contributed by atoms with Crippen LogP contribution in [0.3, 0.4) is 0 Å². The summed E-state index contributed by atoms with van der Waals surface area (Å²) in [7, 11) is 0. The molecule has 29 heavy (non-hydrogen) atoms. The van der Waals surface area contributed by atoms with Gasteiger partial charge in [-0.05, 0) is 74.5 Å². The Morgan fingerprint density at radius 2 is 1.90 bits per heavy atom. The fourth-order valence-electron chi connectivity index (χ4n) is 3.64. The van der Waals surface area contributed by atoms with Crippen LogP contribution >= 0.6 is 0 Å². The quantitative estimate of drug-likeness (QED) is 0.640. The maximum absolute atomic E-state index is 11.7. The first-order chi connectivity index (χ1) is 14.0. The van der Waals surface area contributed by atoms with Crippen molar-refractivity contribution >= 4 is 5.91 Å². The third kappa shape index (κ3) is 5.73. The zero-order valence-corrected chi connectivity index (χ0v) is 17.3. The van der Waals surface area contributed by atoms with Crippen molar-refractivity contribution in [2.45, 2.75) is 57.7 Å². The highest BCUT2D eigenvalue weighted by atomic mass is 16.5. The summed E-state index contributed by atoms with van der Waals surface area (Å²) in [6.07, 6.45) is 4.09. The van der Waals surface area contributed by atoms with Gasteiger partial charge in [-0.15, -0.1) is 0 Å². The number of nitrogens with one attached hydrogen (secondary N) is 2. The summed E-state index contributed by atoms with van der Waals surface area (Å²) in [6.45, 7) is 6.10. The first kappa shape index (κ1) is 19.8. The number of rotatable bonds is 9. The molecule has 154 valence electrons. The average molecular weight is 395 g/mol. The zero-order chi connectivity index (χ0) is 20.3. The number of fused-ring (bicyclic) bond motifs is 1. The van der Waals surface area contributed by atoms with Crippen LogP contribution in [0.1, 0.15) is 43.4 Å². The molecule has 2 aromatic carbocycles. The third-order valence-corrected chi connectivity index (χ3v) is 5.28.